The molecule has 0 heterocycles. The lowest BCUT2D eigenvalue weighted by Crippen LogP contribution is -2.40. The van der Waals surface area contributed by atoms with Crippen LogP contribution in [0.25, 0.3) is 0 Å². The number of benzene rings is 1. The average Bonchev–Trinajstić information content (AvgIpc) is 2.38. The van der Waals surface area contributed by atoms with Crippen molar-refractivity contribution in [2.24, 2.45) is 0 Å². The van der Waals surface area contributed by atoms with Crippen LogP contribution in [0.1, 0.15) is 18.9 Å². The fraction of sp³-hybridized carbons (Fsp3) is 0.500. The van der Waals surface area contributed by atoms with Gasteiger partial charge in [-0.3, -0.25) is 0 Å². The Morgan fingerprint density at radius 3 is 2.72 bits per heavy atom. The Labute approximate surface area is 115 Å². The summed E-state index contributed by atoms with van der Waals surface area (Å²) in [6.45, 7) is 6.67. The third kappa shape index (κ3) is 4.27. The first-order valence-corrected chi connectivity index (χ1v) is 6.71. The van der Waals surface area contributed by atoms with Gasteiger partial charge in [0.15, 0.2) is 5.11 Å². The molecule has 100 valence electrons. The second-order valence-corrected chi connectivity index (χ2v) is 4.50. The van der Waals surface area contributed by atoms with Gasteiger partial charge >= 0.3 is 0 Å². The van der Waals surface area contributed by atoms with Crippen molar-refractivity contribution in [2.75, 3.05) is 31.7 Å². The highest BCUT2D eigenvalue weighted by atomic mass is 32.1. The number of nitrogens with zero attached hydrogens (tertiary/aromatic N) is 1. The van der Waals surface area contributed by atoms with Gasteiger partial charge in [0.25, 0.3) is 0 Å². The van der Waals surface area contributed by atoms with Crippen LogP contribution in [-0.4, -0.2) is 31.9 Å². The molecule has 1 rings (SSSR count). The van der Waals surface area contributed by atoms with Crippen LogP contribution in [0.2, 0.25) is 0 Å². The number of ether oxygens (including phenoxy) is 1. The van der Waals surface area contributed by atoms with Gasteiger partial charge in [0.2, 0.25) is 0 Å². The maximum atomic E-state index is 5.44. The van der Waals surface area contributed by atoms with Gasteiger partial charge in [-0.25, -0.2) is 0 Å². The van der Waals surface area contributed by atoms with Crippen molar-refractivity contribution >= 4 is 23.0 Å². The molecule has 0 aliphatic carbocycles. The first-order chi connectivity index (χ1) is 8.70. The Bertz CT molecular complexity index is 382. The number of para-hydroxylation sites is 1. The second-order valence-electron chi connectivity index (χ2n) is 4.11. The average molecular weight is 266 g/mol. The lowest BCUT2D eigenvalue weighted by molar-refractivity contribution is 0.195. The highest BCUT2D eigenvalue weighted by Crippen LogP contribution is 2.19. The van der Waals surface area contributed by atoms with E-state index in [4.69, 9.17) is 17.0 Å². The summed E-state index contributed by atoms with van der Waals surface area (Å²) in [7, 11) is 1.71. The molecule has 0 spiro atoms. The number of anilines is 1. The van der Waals surface area contributed by atoms with Gasteiger partial charge < -0.3 is 15.0 Å². The quantitative estimate of drug-likeness (QED) is 0.632. The first-order valence-electron chi connectivity index (χ1n) is 6.30. The van der Waals surface area contributed by atoms with Crippen LogP contribution in [0.4, 0.5) is 5.69 Å². The number of rotatable bonds is 6. The molecule has 3 nitrogen and oxygen atoms in total. The van der Waals surface area contributed by atoms with E-state index in [0.717, 1.165) is 31.2 Å². The molecule has 0 bridgehead atoms. The Kier molecular flexibility index (Phi) is 6.68. The molecule has 0 atom stereocenters. The molecule has 1 aromatic rings. The molecule has 0 aliphatic rings. The van der Waals surface area contributed by atoms with Crippen molar-refractivity contribution in [1.82, 2.24) is 5.32 Å². The number of nitrogens with one attached hydrogen (secondary N) is 1. The normalized spacial score (nSPS) is 10.2. The summed E-state index contributed by atoms with van der Waals surface area (Å²) >= 11 is 5.44. The lowest BCUT2D eigenvalue weighted by atomic mass is 10.2. The van der Waals surface area contributed by atoms with E-state index in [1.54, 1.807) is 7.11 Å². The van der Waals surface area contributed by atoms with Crippen LogP contribution < -0.4 is 10.2 Å². The predicted molar refractivity (Wildman–Crippen MR) is 81.3 cm³/mol. The monoisotopic (exact) mass is 266 g/mol. The van der Waals surface area contributed by atoms with Crippen molar-refractivity contribution in [3.8, 4) is 0 Å². The SMILES string of the molecule is CCN(C(=S)NCCCOC)c1ccccc1C. The standard InChI is InChI=1S/C14H22N2OS/c1-4-16(13-9-6-5-8-12(13)2)14(18)15-10-7-11-17-3/h5-6,8-9H,4,7,10-11H2,1-3H3,(H,15,18). The minimum atomic E-state index is 0.756. The third-order valence-corrected chi connectivity index (χ3v) is 3.13. The van der Waals surface area contributed by atoms with E-state index in [1.165, 1.54) is 11.3 Å². The Balaban J connectivity index is 2.60. The number of hydrogen-bond acceptors (Lipinski definition) is 2. The third-order valence-electron chi connectivity index (χ3n) is 2.77. The van der Waals surface area contributed by atoms with Gasteiger partial charge in [-0.2, -0.15) is 0 Å². The summed E-state index contributed by atoms with van der Waals surface area (Å²) in [6, 6.07) is 8.29. The smallest absolute Gasteiger partial charge is 0.173 e. The molecule has 0 aliphatic heterocycles. The van der Waals surface area contributed by atoms with Gasteiger partial charge in [0.1, 0.15) is 0 Å². The Morgan fingerprint density at radius 1 is 1.39 bits per heavy atom. The zero-order chi connectivity index (χ0) is 13.4. The van der Waals surface area contributed by atoms with Crippen molar-refractivity contribution in [3.63, 3.8) is 0 Å². The fourth-order valence-corrected chi connectivity index (χ4v) is 2.13. The maximum Gasteiger partial charge on any atom is 0.173 e. The van der Waals surface area contributed by atoms with Crippen molar-refractivity contribution in [3.05, 3.63) is 29.8 Å². The Morgan fingerprint density at radius 2 is 2.11 bits per heavy atom. The predicted octanol–water partition coefficient (Wildman–Crippen LogP) is 2.73. The first kappa shape index (κ1) is 14.9. The van der Waals surface area contributed by atoms with E-state index in [0.29, 0.717) is 0 Å². The van der Waals surface area contributed by atoms with Crippen molar-refractivity contribution < 1.29 is 4.74 Å². The van der Waals surface area contributed by atoms with Crippen molar-refractivity contribution in [2.45, 2.75) is 20.3 Å². The molecular weight excluding hydrogens is 244 g/mol. The Hall–Kier alpha value is -1.13. The molecule has 0 radical (unpaired) electrons. The minimum Gasteiger partial charge on any atom is -0.385 e. The largest absolute Gasteiger partial charge is 0.385 e. The van der Waals surface area contributed by atoms with Crippen LogP contribution >= 0.6 is 12.2 Å². The van der Waals surface area contributed by atoms with Gasteiger partial charge in [-0.15, -0.1) is 0 Å². The molecule has 0 fully saturated rings. The van der Waals surface area contributed by atoms with E-state index in [9.17, 15) is 0 Å². The van der Waals surface area contributed by atoms with Gasteiger partial charge in [0, 0.05) is 32.5 Å². The maximum absolute atomic E-state index is 5.44. The number of hydrogen-bond donors (Lipinski definition) is 1. The molecule has 1 aromatic carbocycles. The van der Waals surface area contributed by atoms with Crippen molar-refractivity contribution in [1.29, 1.82) is 0 Å². The molecule has 0 amide bonds. The van der Waals surface area contributed by atoms with Crippen LogP contribution in [-0.2, 0) is 4.74 Å². The van der Waals surface area contributed by atoms with Crippen LogP contribution in [0.15, 0.2) is 24.3 Å². The molecule has 0 aromatic heterocycles. The summed E-state index contributed by atoms with van der Waals surface area (Å²) in [5, 5.41) is 4.05. The summed E-state index contributed by atoms with van der Waals surface area (Å²) in [5.41, 5.74) is 2.41. The van der Waals surface area contributed by atoms with Crippen LogP contribution in [0, 0.1) is 6.92 Å². The molecular formula is C14H22N2OS. The molecule has 0 saturated heterocycles. The highest BCUT2D eigenvalue weighted by molar-refractivity contribution is 7.80. The van der Waals surface area contributed by atoms with Gasteiger partial charge in [0.05, 0.1) is 0 Å². The lowest BCUT2D eigenvalue weighted by Gasteiger charge is -2.26. The topological polar surface area (TPSA) is 24.5 Å². The number of methoxy groups -OCH3 is 1. The van der Waals surface area contributed by atoms with E-state index in [-0.39, 0.29) is 0 Å². The number of thiocarbonyl (C=S) groups is 1. The molecule has 18 heavy (non-hydrogen) atoms. The summed E-state index contributed by atoms with van der Waals surface area (Å²) in [6.07, 6.45) is 0.960. The van der Waals surface area contributed by atoms with Crippen LogP contribution in [0.3, 0.4) is 0 Å². The zero-order valence-electron chi connectivity index (χ0n) is 11.4. The second kappa shape index (κ2) is 8.06. The molecule has 1 N–H and O–H groups in total. The zero-order valence-corrected chi connectivity index (χ0v) is 12.2. The van der Waals surface area contributed by atoms with E-state index in [1.807, 2.05) is 12.1 Å². The van der Waals surface area contributed by atoms with E-state index in [2.05, 4.69) is 36.2 Å². The summed E-state index contributed by atoms with van der Waals surface area (Å²) in [5.74, 6) is 0. The highest BCUT2D eigenvalue weighted by Gasteiger charge is 2.11. The summed E-state index contributed by atoms with van der Waals surface area (Å²) < 4.78 is 5.02. The van der Waals surface area contributed by atoms with Gasteiger partial charge in [-0.1, -0.05) is 18.2 Å². The van der Waals surface area contributed by atoms with E-state index < -0.39 is 0 Å². The van der Waals surface area contributed by atoms with Gasteiger partial charge in [-0.05, 0) is 44.1 Å². The minimum absolute atomic E-state index is 0.756. The molecule has 4 heteroatoms. The van der Waals surface area contributed by atoms with Crippen LogP contribution in [0.5, 0.6) is 0 Å². The number of aryl methyl sites for hydroxylation is 1. The summed E-state index contributed by atoms with van der Waals surface area (Å²) in [4.78, 5) is 2.12. The van der Waals surface area contributed by atoms with E-state index >= 15 is 0 Å². The molecule has 0 saturated carbocycles. The fourth-order valence-electron chi connectivity index (χ4n) is 1.80. The molecule has 0 unspecified atom stereocenters.